The number of fused-ring (bicyclic) bond motifs is 2. The number of imidazole rings is 1. The summed E-state index contributed by atoms with van der Waals surface area (Å²) in [7, 11) is -3.37. The highest BCUT2D eigenvalue weighted by molar-refractivity contribution is 7.90. The van der Waals surface area contributed by atoms with Gasteiger partial charge in [0.05, 0.1) is 38.4 Å². The van der Waals surface area contributed by atoms with Crippen molar-refractivity contribution < 1.29 is 8.42 Å². The number of nitrogens with one attached hydrogen (secondary N) is 2. The molecule has 0 unspecified atom stereocenters. The van der Waals surface area contributed by atoms with Gasteiger partial charge in [0.25, 0.3) is 0 Å². The van der Waals surface area contributed by atoms with Crippen LogP contribution in [0.15, 0.2) is 101 Å². The monoisotopic (exact) mass is 589 g/mol. The first-order chi connectivity index (χ1) is 20.8. The molecule has 6 aromatic rings. The predicted molar refractivity (Wildman–Crippen MR) is 170 cm³/mol. The maximum Gasteiger partial charge on any atom is 0.323 e. The second kappa shape index (κ2) is 10.9. The summed E-state index contributed by atoms with van der Waals surface area (Å²) in [4.78, 5) is 29.9. The number of benzene rings is 4. The lowest BCUT2D eigenvalue weighted by atomic mass is 9.89. The van der Waals surface area contributed by atoms with Gasteiger partial charge < -0.3 is 9.97 Å². The summed E-state index contributed by atoms with van der Waals surface area (Å²) in [6.45, 7) is 2.88. The van der Waals surface area contributed by atoms with Gasteiger partial charge in [-0.15, -0.1) is 0 Å². The zero-order chi connectivity index (χ0) is 29.6. The van der Waals surface area contributed by atoms with Crippen molar-refractivity contribution in [2.75, 3.05) is 19.3 Å². The molecule has 0 amide bonds. The van der Waals surface area contributed by atoms with Gasteiger partial charge in [-0.05, 0) is 73.3 Å². The van der Waals surface area contributed by atoms with E-state index in [0.29, 0.717) is 17.0 Å². The minimum absolute atomic E-state index is 0.168. The molecule has 0 radical (unpaired) electrons. The van der Waals surface area contributed by atoms with E-state index in [2.05, 4.69) is 51.3 Å². The van der Waals surface area contributed by atoms with Crippen LogP contribution in [0.4, 0.5) is 0 Å². The van der Waals surface area contributed by atoms with Crippen LogP contribution in [0.2, 0.25) is 0 Å². The van der Waals surface area contributed by atoms with Gasteiger partial charge in [0.2, 0.25) is 0 Å². The third-order valence-electron chi connectivity index (χ3n) is 8.34. The van der Waals surface area contributed by atoms with Gasteiger partial charge in [0, 0.05) is 23.9 Å². The second-order valence-electron chi connectivity index (χ2n) is 11.3. The molecule has 0 spiro atoms. The van der Waals surface area contributed by atoms with E-state index in [-0.39, 0.29) is 10.6 Å². The molecule has 4 aromatic carbocycles. The molecule has 0 atom stereocenters. The van der Waals surface area contributed by atoms with Crippen molar-refractivity contribution >= 4 is 31.9 Å². The van der Waals surface area contributed by atoms with E-state index in [0.717, 1.165) is 66.0 Å². The minimum Gasteiger partial charge on any atom is -0.306 e. The van der Waals surface area contributed by atoms with Crippen LogP contribution in [0.3, 0.4) is 0 Å². The van der Waals surface area contributed by atoms with Crippen molar-refractivity contribution in [1.82, 2.24) is 24.8 Å². The van der Waals surface area contributed by atoms with Crippen molar-refractivity contribution in [2.24, 2.45) is 0 Å². The third kappa shape index (κ3) is 5.61. The lowest BCUT2D eigenvalue weighted by Crippen LogP contribution is -2.32. The topological polar surface area (TPSA) is 112 Å². The quantitative estimate of drug-likeness (QED) is 0.250. The molecule has 1 fully saturated rings. The first-order valence-electron chi connectivity index (χ1n) is 14.4. The fraction of sp³-hybridized carbons (Fsp3) is 0.206. The Balaban J connectivity index is 1.11. The Kier molecular flexibility index (Phi) is 6.91. The normalized spacial score (nSPS) is 14.9. The summed E-state index contributed by atoms with van der Waals surface area (Å²) >= 11 is 0. The molecular weight excluding hydrogens is 558 g/mol. The fourth-order valence-corrected chi connectivity index (χ4v) is 6.66. The number of sulfone groups is 1. The van der Waals surface area contributed by atoms with Crippen LogP contribution in [0, 0.1) is 0 Å². The first kappa shape index (κ1) is 27.2. The SMILES string of the molecule is CS(=O)(=O)c1ccc2nc(-c3ccccc3)c(-c3ccc(CN4CCC(c5ccc6[nH]c(=O)[nH]c6c5)CC4)cc3)nc2c1. The predicted octanol–water partition coefficient (Wildman–Crippen LogP) is 5.92. The van der Waals surface area contributed by atoms with Crippen molar-refractivity contribution in [1.29, 1.82) is 0 Å². The summed E-state index contributed by atoms with van der Waals surface area (Å²) in [5.74, 6) is 0.479. The zero-order valence-corrected chi connectivity index (χ0v) is 24.6. The molecular formula is C34H31N5O3S. The van der Waals surface area contributed by atoms with Crippen LogP contribution in [-0.4, -0.2) is 52.6 Å². The summed E-state index contributed by atoms with van der Waals surface area (Å²) < 4.78 is 24.4. The van der Waals surface area contributed by atoms with E-state index < -0.39 is 9.84 Å². The number of hydrogen-bond donors (Lipinski definition) is 2. The van der Waals surface area contributed by atoms with E-state index in [1.165, 1.54) is 17.4 Å². The van der Waals surface area contributed by atoms with Crippen molar-refractivity contribution in [2.45, 2.75) is 30.2 Å². The second-order valence-corrected chi connectivity index (χ2v) is 13.4. The van der Waals surface area contributed by atoms with Crippen LogP contribution >= 0.6 is 0 Å². The smallest absolute Gasteiger partial charge is 0.306 e. The number of aromatic nitrogens is 4. The van der Waals surface area contributed by atoms with Gasteiger partial charge in [-0.25, -0.2) is 23.2 Å². The highest BCUT2D eigenvalue weighted by Gasteiger charge is 2.22. The van der Waals surface area contributed by atoms with E-state index in [1.807, 2.05) is 36.4 Å². The minimum atomic E-state index is -3.37. The molecule has 43 heavy (non-hydrogen) atoms. The molecule has 216 valence electrons. The molecule has 0 aliphatic carbocycles. The Hall–Kier alpha value is -4.60. The summed E-state index contributed by atoms with van der Waals surface area (Å²) in [5, 5.41) is 0. The van der Waals surface area contributed by atoms with Crippen LogP contribution in [0.5, 0.6) is 0 Å². The highest BCUT2D eigenvalue weighted by Crippen LogP contribution is 2.33. The largest absolute Gasteiger partial charge is 0.323 e. The maximum atomic E-state index is 12.2. The van der Waals surface area contributed by atoms with E-state index in [1.54, 1.807) is 18.2 Å². The highest BCUT2D eigenvalue weighted by atomic mass is 32.2. The molecule has 9 heteroatoms. The zero-order valence-electron chi connectivity index (χ0n) is 23.7. The number of nitrogens with zero attached hydrogens (tertiary/aromatic N) is 3. The van der Waals surface area contributed by atoms with Gasteiger partial charge in [-0.3, -0.25) is 4.90 Å². The van der Waals surface area contributed by atoms with Gasteiger partial charge in [-0.1, -0.05) is 60.7 Å². The number of likely N-dealkylation sites (tertiary alicyclic amines) is 1. The third-order valence-corrected chi connectivity index (χ3v) is 9.45. The molecule has 8 nitrogen and oxygen atoms in total. The Morgan fingerprint density at radius 3 is 2.16 bits per heavy atom. The average Bonchev–Trinajstić information content (AvgIpc) is 3.40. The average molecular weight is 590 g/mol. The number of rotatable bonds is 6. The number of H-pyrrole nitrogens is 2. The molecule has 2 aromatic heterocycles. The van der Waals surface area contributed by atoms with E-state index >= 15 is 0 Å². The molecule has 0 bridgehead atoms. The van der Waals surface area contributed by atoms with Crippen LogP contribution < -0.4 is 5.69 Å². The van der Waals surface area contributed by atoms with Crippen molar-refractivity contribution in [3.05, 3.63) is 113 Å². The molecule has 0 saturated carbocycles. The Morgan fingerprint density at radius 1 is 0.767 bits per heavy atom. The van der Waals surface area contributed by atoms with Gasteiger partial charge in [0.15, 0.2) is 9.84 Å². The lowest BCUT2D eigenvalue weighted by Gasteiger charge is -2.32. The van der Waals surface area contributed by atoms with Crippen LogP contribution in [0.25, 0.3) is 44.6 Å². The Bertz CT molecular complexity index is 2110. The van der Waals surface area contributed by atoms with Gasteiger partial charge in [0.1, 0.15) is 0 Å². The summed E-state index contributed by atoms with van der Waals surface area (Å²) in [5.41, 5.74) is 8.61. The summed E-state index contributed by atoms with van der Waals surface area (Å²) in [6.07, 6.45) is 3.34. The van der Waals surface area contributed by atoms with Gasteiger partial charge in [-0.2, -0.15) is 0 Å². The van der Waals surface area contributed by atoms with Crippen LogP contribution in [-0.2, 0) is 16.4 Å². The Morgan fingerprint density at radius 2 is 1.44 bits per heavy atom. The maximum absolute atomic E-state index is 12.2. The molecule has 3 heterocycles. The van der Waals surface area contributed by atoms with E-state index in [4.69, 9.17) is 9.97 Å². The molecule has 1 saturated heterocycles. The fourth-order valence-electron chi connectivity index (χ4n) is 6.02. The number of aromatic amines is 2. The standard InChI is InChI=1S/C34H31N5O3S/c1-43(41,42)27-12-14-28-31(20-27)36-33(32(35-28)24-5-3-2-4-6-24)25-9-7-22(8-10-25)21-39-17-15-23(16-18-39)26-11-13-29-30(19-26)38-34(40)37-29/h2-14,19-20,23H,15-18,21H2,1H3,(H2,37,38,40). The van der Waals surface area contributed by atoms with Gasteiger partial charge >= 0.3 is 5.69 Å². The molecule has 7 rings (SSSR count). The van der Waals surface area contributed by atoms with Crippen molar-refractivity contribution in [3.63, 3.8) is 0 Å². The molecule has 1 aliphatic rings. The summed E-state index contributed by atoms with van der Waals surface area (Å²) in [6, 6.07) is 29.5. The van der Waals surface area contributed by atoms with Crippen molar-refractivity contribution in [3.8, 4) is 22.5 Å². The lowest BCUT2D eigenvalue weighted by molar-refractivity contribution is 0.204. The van der Waals surface area contributed by atoms with E-state index in [9.17, 15) is 13.2 Å². The van der Waals surface area contributed by atoms with Crippen LogP contribution in [0.1, 0.15) is 29.9 Å². The first-order valence-corrected chi connectivity index (χ1v) is 16.3. The molecule has 1 aliphatic heterocycles. The number of piperidine rings is 1. The molecule has 2 N–H and O–H groups in total. The number of hydrogen-bond acceptors (Lipinski definition) is 6. The Labute approximate surface area is 249 Å².